The number of hydrogen-bond donors (Lipinski definition) is 2. The first-order chi connectivity index (χ1) is 7.09. The van der Waals surface area contributed by atoms with Crippen LogP contribution in [0.3, 0.4) is 0 Å². The van der Waals surface area contributed by atoms with Crippen molar-refractivity contribution in [3.05, 3.63) is 28.3 Å². The number of carboxylic acid groups (broad SMARTS) is 1. The smallest absolute Gasteiger partial charge is 0.335 e. The fraction of sp³-hybridized carbons (Fsp3) is 0.300. The summed E-state index contributed by atoms with van der Waals surface area (Å²) in [4.78, 5) is 10.8. The van der Waals surface area contributed by atoms with Crippen molar-refractivity contribution in [2.45, 2.75) is 12.5 Å². The van der Waals surface area contributed by atoms with Crippen molar-refractivity contribution >= 4 is 17.6 Å². The van der Waals surface area contributed by atoms with E-state index < -0.39 is 5.97 Å². The maximum absolute atomic E-state index is 10.8. The van der Waals surface area contributed by atoms with Gasteiger partial charge < -0.3 is 15.6 Å². The molecule has 0 aliphatic carbocycles. The molecule has 3 N–H and O–H groups in total. The topological polar surface area (TPSA) is 72.5 Å². The lowest BCUT2D eigenvalue weighted by atomic mass is 9.99. The van der Waals surface area contributed by atoms with Gasteiger partial charge in [0.1, 0.15) is 5.75 Å². The second-order valence-electron chi connectivity index (χ2n) is 3.43. The Kier molecular flexibility index (Phi) is 2.54. The van der Waals surface area contributed by atoms with E-state index in [1.807, 2.05) is 0 Å². The molecule has 0 bridgehead atoms. The zero-order chi connectivity index (χ0) is 11.0. The Morgan fingerprint density at radius 1 is 1.60 bits per heavy atom. The van der Waals surface area contributed by atoms with Gasteiger partial charge in [-0.05, 0) is 12.1 Å². The van der Waals surface area contributed by atoms with Crippen molar-refractivity contribution in [3.63, 3.8) is 0 Å². The van der Waals surface area contributed by atoms with E-state index in [0.29, 0.717) is 29.4 Å². The summed E-state index contributed by atoms with van der Waals surface area (Å²) in [5.74, 6) is -0.502. The highest BCUT2D eigenvalue weighted by atomic mass is 35.5. The lowest BCUT2D eigenvalue weighted by molar-refractivity contribution is 0.0696. The van der Waals surface area contributed by atoms with Gasteiger partial charge in [0.15, 0.2) is 0 Å². The third kappa shape index (κ3) is 1.78. The van der Waals surface area contributed by atoms with Gasteiger partial charge in [-0.3, -0.25) is 0 Å². The minimum Gasteiger partial charge on any atom is -0.492 e. The van der Waals surface area contributed by atoms with Crippen LogP contribution in [-0.2, 0) is 0 Å². The Bertz CT molecular complexity index is 419. The molecule has 0 spiro atoms. The van der Waals surface area contributed by atoms with E-state index >= 15 is 0 Å². The average Bonchev–Trinajstić information content (AvgIpc) is 2.19. The van der Waals surface area contributed by atoms with E-state index in [4.69, 9.17) is 27.2 Å². The SMILES string of the molecule is NC1CCOc2c(Cl)cc(C(=O)O)cc21. The highest BCUT2D eigenvalue weighted by Gasteiger charge is 2.22. The van der Waals surface area contributed by atoms with E-state index in [1.165, 1.54) is 12.1 Å². The highest BCUT2D eigenvalue weighted by molar-refractivity contribution is 6.32. The van der Waals surface area contributed by atoms with Crippen molar-refractivity contribution in [2.75, 3.05) is 6.61 Å². The van der Waals surface area contributed by atoms with Gasteiger partial charge >= 0.3 is 5.97 Å². The molecule has 0 aromatic heterocycles. The molecule has 0 fully saturated rings. The zero-order valence-electron chi connectivity index (χ0n) is 7.87. The van der Waals surface area contributed by atoms with Gasteiger partial charge in [0.05, 0.1) is 17.2 Å². The minimum atomic E-state index is -1.02. The normalized spacial score (nSPS) is 19.2. The molecule has 4 nitrogen and oxygen atoms in total. The summed E-state index contributed by atoms with van der Waals surface area (Å²) >= 11 is 5.91. The molecule has 80 valence electrons. The predicted octanol–water partition coefficient (Wildman–Crippen LogP) is 1.82. The van der Waals surface area contributed by atoms with Crippen LogP contribution in [0.2, 0.25) is 5.02 Å². The Labute approximate surface area is 91.6 Å². The summed E-state index contributed by atoms with van der Waals surface area (Å²) in [6.45, 7) is 0.514. The van der Waals surface area contributed by atoms with Crippen LogP contribution < -0.4 is 10.5 Å². The average molecular weight is 228 g/mol. The zero-order valence-corrected chi connectivity index (χ0v) is 8.62. The summed E-state index contributed by atoms with van der Waals surface area (Å²) in [7, 11) is 0. The van der Waals surface area contributed by atoms with Gasteiger partial charge in [-0.2, -0.15) is 0 Å². The second kappa shape index (κ2) is 3.72. The van der Waals surface area contributed by atoms with E-state index in [9.17, 15) is 4.79 Å². The van der Waals surface area contributed by atoms with E-state index in [0.717, 1.165) is 0 Å². The molecule has 1 aromatic carbocycles. The fourth-order valence-corrected chi connectivity index (χ4v) is 1.89. The number of fused-ring (bicyclic) bond motifs is 1. The number of benzene rings is 1. The van der Waals surface area contributed by atoms with Gasteiger partial charge in [-0.15, -0.1) is 0 Å². The Hall–Kier alpha value is -1.26. The van der Waals surface area contributed by atoms with Gasteiger partial charge in [-0.1, -0.05) is 11.6 Å². The molecule has 1 heterocycles. The third-order valence-corrected chi connectivity index (χ3v) is 2.67. The Balaban J connectivity index is 2.56. The maximum Gasteiger partial charge on any atom is 0.335 e. The van der Waals surface area contributed by atoms with Crippen LogP contribution in [0.25, 0.3) is 0 Å². The summed E-state index contributed by atoms with van der Waals surface area (Å²) in [6, 6.07) is 2.69. The summed E-state index contributed by atoms with van der Waals surface area (Å²) in [5, 5.41) is 9.16. The molecule has 1 aromatic rings. The molecule has 5 heteroatoms. The summed E-state index contributed by atoms with van der Waals surface area (Å²) in [6.07, 6.45) is 0.673. The molecule has 1 aliphatic heterocycles. The largest absolute Gasteiger partial charge is 0.492 e. The van der Waals surface area contributed by atoms with Gasteiger partial charge in [0.25, 0.3) is 0 Å². The number of ether oxygens (including phenoxy) is 1. The first kappa shape index (κ1) is 10.3. The van der Waals surface area contributed by atoms with Crippen LogP contribution in [0.4, 0.5) is 0 Å². The van der Waals surface area contributed by atoms with E-state index in [1.54, 1.807) is 0 Å². The van der Waals surface area contributed by atoms with E-state index in [-0.39, 0.29) is 11.6 Å². The molecule has 1 atom stereocenters. The van der Waals surface area contributed by atoms with Crippen LogP contribution in [0.15, 0.2) is 12.1 Å². The number of rotatable bonds is 1. The van der Waals surface area contributed by atoms with Crippen molar-refractivity contribution in [2.24, 2.45) is 5.73 Å². The van der Waals surface area contributed by atoms with Crippen molar-refractivity contribution in [1.29, 1.82) is 0 Å². The number of carboxylic acids is 1. The van der Waals surface area contributed by atoms with Gasteiger partial charge in [0.2, 0.25) is 0 Å². The van der Waals surface area contributed by atoms with Crippen molar-refractivity contribution < 1.29 is 14.6 Å². The fourth-order valence-electron chi connectivity index (χ4n) is 1.61. The molecule has 1 aliphatic rings. The van der Waals surface area contributed by atoms with Crippen LogP contribution in [0.5, 0.6) is 5.75 Å². The molecule has 1 unspecified atom stereocenters. The summed E-state index contributed by atoms with van der Waals surface area (Å²) in [5.41, 5.74) is 6.66. The van der Waals surface area contributed by atoms with Crippen LogP contribution in [0.1, 0.15) is 28.4 Å². The number of nitrogens with two attached hydrogens (primary N) is 1. The predicted molar refractivity (Wildman–Crippen MR) is 55.5 cm³/mol. The lowest BCUT2D eigenvalue weighted by Crippen LogP contribution is -2.21. The minimum absolute atomic E-state index is 0.139. The van der Waals surface area contributed by atoms with Crippen LogP contribution in [0, 0.1) is 0 Å². The Morgan fingerprint density at radius 3 is 3.00 bits per heavy atom. The number of carbonyl (C=O) groups is 1. The second-order valence-corrected chi connectivity index (χ2v) is 3.83. The quantitative estimate of drug-likeness (QED) is 0.768. The molecule has 15 heavy (non-hydrogen) atoms. The van der Waals surface area contributed by atoms with Crippen molar-refractivity contribution in [1.82, 2.24) is 0 Å². The number of halogens is 1. The number of hydrogen-bond acceptors (Lipinski definition) is 3. The van der Waals surface area contributed by atoms with Crippen molar-refractivity contribution in [3.8, 4) is 5.75 Å². The lowest BCUT2D eigenvalue weighted by Gasteiger charge is -2.24. The molecule has 0 saturated carbocycles. The number of aromatic carboxylic acids is 1. The molecular formula is C10H10ClNO3. The standard InChI is InChI=1S/C10H10ClNO3/c11-7-4-5(10(13)14)3-6-8(12)1-2-15-9(6)7/h3-4,8H,1-2,12H2,(H,13,14). The highest BCUT2D eigenvalue weighted by Crippen LogP contribution is 2.37. The maximum atomic E-state index is 10.8. The van der Waals surface area contributed by atoms with Crippen LogP contribution >= 0.6 is 11.6 Å². The monoisotopic (exact) mass is 227 g/mol. The first-order valence-electron chi connectivity index (χ1n) is 4.54. The molecule has 0 saturated heterocycles. The molecular weight excluding hydrogens is 218 g/mol. The van der Waals surface area contributed by atoms with Gasteiger partial charge in [-0.25, -0.2) is 4.79 Å². The molecule has 2 rings (SSSR count). The first-order valence-corrected chi connectivity index (χ1v) is 4.92. The molecule has 0 radical (unpaired) electrons. The summed E-state index contributed by atoms with van der Waals surface area (Å²) < 4.78 is 5.35. The Morgan fingerprint density at radius 2 is 2.33 bits per heavy atom. The molecule has 0 amide bonds. The third-order valence-electron chi connectivity index (χ3n) is 2.39. The van der Waals surface area contributed by atoms with Crippen LogP contribution in [-0.4, -0.2) is 17.7 Å². The van der Waals surface area contributed by atoms with E-state index in [2.05, 4.69) is 0 Å². The van der Waals surface area contributed by atoms with Gasteiger partial charge in [0, 0.05) is 18.0 Å².